The van der Waals surface area contributed by atoms with E-state index in [0.29, 0.717) is 5.82 Å². The average Bonchev–Trinajstić information content (AvgIpc) is 2.76. The first-order chi connectivity index (χ1) is 8.88. The van der Waals surface area contributed by atoms with Gasteiger partial charge < -0.3 is 5.73 Å². The van der Waals surface area contributed by atoms with Crippen molar-refractivity contribution in [1.29, 1.82) is 0 Å². The van der Waals surface area contributed by atoms with Gasteiger partial charge in [-0.3, -0.25) is 0 Å². The highest BCUT2D eigenvalue weighted by Crippen LogP contribution is 2.25. The Kier molecular flexibility index (Phi) is 3.85. The number of nitrogens with zero attached hydrogens (tertiary/aromatic N) is 3. The summed E-state index contributed by atoms with van der Waals surface area (Å²) in [7, 11) is 0. The summed E-state index contributed by atoms with van der Waals surface area (Å²) in [6.07, 6.45) is 1.52. The summed E-state index contributed by atoms with van der Waals surface area (Å²) in [4.78, 5) is 13.4. The minimum atomic E-state index is 0.0913. The van der Waals surface area contributed by atoms with Crippen molar-refractivity contribution in [3.63, 3.8) is 0 Å². The van der Waals surface area contributed by atoms with Crippen LogP contribution >= 0.6 is 11.3 Å². The Morgan fingerprint density at radius 3 is 2.53 bits per heavy atom. The maximum Gasteiger partial charge on any atom is 0.130 e. The Labute approximate surface area is 118 Å². The van der Waals surface area contributed by atoms with Crippen molar-refractivity contribution in [3.05, 3.63) is 33.7 Å². The molecule has 0 atom stereocenters. The summed E-state index contributed by atoms with van der Waals surface area (Å²) in [6, 6.07) is 1.83. The molecule has 5 heteroatoms. The van der Waals surface area contributed by atoms with E-state index in [1.54, 1.807) is 11.3 Å². The molecule has 0 aliphatic carbocycles. The highest BCUT2D eigenvalue weighted by Gasteiger charge is 2.17. The minimum absolute atomic E-state index is 0.0913. The molecule has 0 amide bonds. The van der Waals surface area contributed by atoms with Crippen molar-refractivity contribution in [2.75, 3.05) is 5.73 Å². The normalized spacial score (nSPS) is 11.8. The van der Waals surface area contributed by atoms with Gasteiger partial charge in [-0.25, -0.2) is 15.0 Å². The van der Waals surface area contributed by atoms with Crippen LogP contribution in [-0.4, -0.2) is 15.0 Å². The predicted octanol–water partition coefficient (Wildman–Crippen LogP) is 2.97. The van der Waals surface area contributed by atoms with Crippen molar-refractivity contribution < 1.29 is 0 Å². The van der Waals surface area contributed by atoms with Crippen LogP contribution in [0.4, 0.5) is 5.82 Å². The molecule has 2 heterocycles. The van der Waals surface area contributed by atoms with Crippen LogP contribution < -0.4 is 5.73 Å². The molecule has 102 valence electrons. The third-order valence-electron chi connectivity index (χ3n) is 2.81. The van der Waals surface area contributed by atoms with Crippen LogP contribution in [0.15, 0.2) is 11.4 Å². The van der Waals surface area contributed by atoms with E-state index < -0.39 is 0 Å². The standard InChI is InChI=1S/C14H20N4S/c1-5-12-16-9(6-11(15)18-12)7-13-17-10(8-19-13)14(2,3)4/h6,8H,5,7H2,1-4H3,(H2,15,16,18). The molecule has 0 aromatic carbocycles. The van der Waals surface area contributed by atoms with Gasteiger partial charge in [-0.05, 0) is 0 Å². The predicted molar refractivity (Wildman–Crippen MR) is 79.4 cm³/mol. The lowest BCUT2D eigenvalue weighted by Gasteiger charge is -2.14. The molecule has 0 spiro atoms. The molecule has 0 aliphatic rings. The number of rotatable bonds is 3. The van der Waals surface area contributed by atoms with Crippen LogP contribution in [0.3, 0.4) is 0 Å². The first-order valence-corrected chi connectivity index (χ1v) is 7.33. The van der Waals surface area contributed by atoms with E-state index in [4.69, 9.17) is 5.73 Å². The number of hydrogen-bond donors (Lipinski definition) is 1. The van der Waals surface area contributed by atoms with Crippen LogP contribution in [0.1, 0.15) is 49.9 Å². The number of thiazole rings is 1. The zero-order chi connectivity index (χ0) is 14.0. The summed E-state index contributed by atoms with van der Waals surface area (Å²) in [5.41, 5.74) is 7.96. The fourth-order valence-corrected chi connectivity index (χ4v) is 2.75. The molecule has 2 aromatic heterocycles. The van der Waals surface area contributed by atoms with Crippen molar-refractivity contribution in [2.45, 2.75) is 46.0 Å². The van der Waals surface area contributed by atoms with E-state index in [-0.39, 0.29) is 5.41 Å². The van der Waals surface area contributed by atoms with Gasteiger partial charge in [-0.2, -0.15) is 0 Å². The quantitative estimate of drug-likeness (QED) is 0.936. The summed E-state index contributed by atoms with van der Waals surface area (Å²) in [5, 5.41) is 3.20. The van der Waals surface area contributed by atoms with Gasteiger partial charge in [0.15, 0.2) is 0 Å². The Hall–Kier alpha value is -1.49. The van der Waals surface area contributed by atoms with Gasteiger partial charge in [0.05, 0.1) is 16.4 Å². The Morgan fingerprint density at radius 2 is 1.95 bits per heavy atom. The SMILES string of the molecule is CCc1nc(N)cc(Cc2nc(C(C)(C)C)cs2)n1. The van der Waals surface area contributed by atoms with Crippen LogP contribution in [0.25, 0.3) is 0 Å². The molecule has 19 heavy (non-hydrogen) atoms. The monoisotopic (exact) mass is 276 g/mol. The number of aromatic nitrogens is 3. The first kappa shape index (κ1) is 13.9. The van der Waals surface area contributed by atoms with E-state index >= 15 is 0 Å². The maximum atomic E-state index is 5.79. The Morgan fingerprint density at radius 1 is 1.21 bits per heavy atom. The lowest BCUT2D eigenvalue weighted by atomic mass is 9.93. The van der Waals surface area contributed by atoms with Gasteiger partial charge in [0.1, 0.15) is 11.6 Å². The molecule has 0 saturated heterocycles. The van der Waals surface area contributed by atoms with Gasteiger partial charge in [0.25, 0.3) is 0 Å². The van der Waals surface area contributed by atoms with E-state index in [9.17, 15) is 0 Å². The zero-order valence-electron chi connectivity index (χ0n) is 11.9. The number of anilines is 1. The van der Waals surface area contributed by atoms with E-state index in [1.165, 1.54) is 0 Å². The minimum Gasteiger partial charge on any atom is -0.384 e. The Balaban J connectivity index is 2.21. The Bertz CT molecular complexity index is 569. The first-order valence-electron chi connectivity index (χ1n) is 6.45. The second kappa shape index (κ2) is 5.25. The third-order valence-corrected chi connectivity index (χ3v) is 3.66. The van der Waals surface area contributed by atoms with Crippen molar-refractivity contribution in [2.24, 2.45) is 0 Å². The molecule has 4 nitrogen and oxygen atoms in total. The topological polar surface area (TPSA) is 64.7 Å². The highest BCUT2D eigenvalue weighted by molar-refractivity contribution is 7.09. The molecule has 0 saturated carbocycles. The van der Waals surface area contributed by atoms with Crippen LogP contribution in [0, 0.1) is 0 Å². The maximum absolute atomic E-state index is 5.79. The molecule has 0 radical (unpaired) electrons. The molecule has 2 aromatic rings. The second-order valence-corrected chi connectivity index (χ2v) is 6.55. The molecular formula is C14H20N4S. The van der Waals surface area contributed by atoms with Gasteiger partial charge in [-0.1, -0.05) is 27.7 Å². The summed E-state index contributed by atoms with van der Waals surface area (Å²) in [5.74, 6) is 1.33. The lowest BCUT2D eigenvalue weighted by Crippen LogP contribution is -2.11. The lowest BCUT2D eigenvalue weighted by molar-refractivity contribution is 0.571. The van der Waals surface area contributed by atoms with Gasteiger partial charge in [0, 0.05) is 29.7 Å². The molecule has 0 bridgehead atoms. The smallest absolute Gasteiger partial charge is 0.130 e. The second-order valence-electron chi connectivity index (χ2n) is 5.61. The summed E-state index contributed by atoms with van der Waals surface area (Å²) in [6.45, 7) is 8.54. The number of aryl methyl sites for hydroxylation is 1. The molecule has 0 fully saturated rings. The molecule has 0 aliphatic heterocycles. The van der Waals surface area contributed by atoms with Crippen LogP contribution in [0.2, 0.25) is 0 Å². The van der Waals surface area contributed by atoms with Crippen molar-refractivity contribution >= 4 is 17.2 Å². The van der Waals surface area contributed by atoms with Crippen molar-refractivity contribution in [1.82, 2.24) is 15.0 Å². The molecular weight excluding hydrogens is 256 g/mol. The highest BCUT2D eigenvalue weighted by atomic mass is 32.1. The van der Waals surface area contributed by atoms with Crippen LogP contribution in [-0.2, 0) is 18.3 Å². The van der Waals surface area contributed by atoms with Gasteiger partial charge in [-0.15, -0.1) is 11.3 Å². The fraction of sp³-hybridized carbons (Fsp3) is 0.500. The van der Waals surface area contributed by atoms with E-state index in [2.05, 4.69) is 41.1 Å². The van der Waals surface area contributed by atoms with Crippen molar-refractivity contribution in [3.8, 4) is 0 Å². The fourth-order valence-electron chi connectivity index (χ4n) is 1.72. The molecule has 2 N–H and O–H groups in total. The third kappa shape index (κ3) is 3.50. The summed E-state index contributed by atoms with van der Waals surface area (Å²) < 4.78 is 0. The number of nitrogens with two attached hydrogens (primary N) is 1. The van der Waals surface area contributed by atoms with Crippen LogP contribution in [0.5, 0.6) is 0 Å². The molecule has 0 unspecified atom stereocenters. The zero-order valence-corrected chi connectivity index (χ0v) is 12.7. The van der Waals surface area contributed by atoms with Gasteiger partial charge in [0.2, 0.25) is 0 Å². The van der Waals surface area contributed by atoms with E-state index in [0.717, 1.165) is 35.1 Å². The van der Waals surface area contributed by atoms with Gasteiger partial charge >= 0.3 is 0 Å². The number of hydrogen-bond acceptors (Lipinski definition) is 5. The average molecular weight is 276 g/mol. The number of nitrogen functional groups attached to an aromatic ring is 1. The molecule has 2 rings (SSSR count). The largest absolute Gasteiger partial charge is 0.384 e. The summed E-state index contributed by atoms with van der Waals surface area (Å²) >= 11 is 1.68. The van der Waals surface area contributed by atoms with E-state index in [1.807, 2.05) is 13.0 Å².